The van der Waals surface area contributed by atoms with Crippen LogP contribution in [0.3, 0.4) is 0 Å². The van der Waals surface area contributed by atoms with Gasteiger partial charge in [-0.3, -0.25) is 4.90 Å². The molecule has 25 heavy (non-hydrogen) atoms. The van der Waals surface area contributed by atoms with Crippen LogP contribution in [0, 0.1) is 6.92 Å². The summed E-state index contributed by atoms with van der Waals surface area (Å²) in [5, 5.41) is 0. The normalized spacial score (nSPS) is 24.0. The molecule has 0 bridgehead atoms. The van der Waals surface area contributed by atoms with E-state index in [-0.39, 0.29) is 18.3 Å². The minimum Gasteiger partial charge on any atom is -0.399 e. The van der Waals surface area contributed by atoms with Gasteiger partial charge in [-0.1, -0.05) is 25.1 Å². The van der Waals surface area contributed by atoms with Crippen LogP contribution in [0.25, 0.3) is 0 Å². The highest BCUT2D eigenvalue weighted by Gasteiger charge is 2.51. The highest BCUT2D eigenvalue weighted by Crippen LogP contribution is 2.36. The van der Waals surface area contributed by atoms with Gasteiger partial charge in [0.2, 0.25) is 0 Å². The number of hydrogen-bond acceptors (Lipinski definition) is 4. The third kappa shape index (κ3) is 3.95. The van der Waals surface area contributed by atoms with Gasteiger partial charge >= 0.3 is 7.12 Å². The Bertz CT molecular complexity index is 594. The van der Waals surface area contributed by atoms with Crippen molar-refractivity contribution in [3.63, 3.8) is 0 Å². The van der Waals surface area contributed by atoms with Crippen LogP contribution in [-0.2, 0) is 15.9 Å². The summed E-state index contributed by atoms with van der Waals surface area (Å²) in [6.07, 6.45) is 0. The zero-order chi connectivity index (χ0) is 18.2. The first kappa shape index (κ1) is 18.9. The smallest absolute Gasteiger partial charge is 0.399 e. The molecule has 5 heteroatoms. The van der Waals surface area contributed by atoms with Gasteiger partial charge in [0.1, 0.15) is 0 Å². The predicted octanol–water partition coefficient (Wildman–Crippen LogP) is 2.43. The topological polar surface area (TPSA) is 24.9 Å². The lowest BCUT2D eigenvalue weighted by atomic mass is 9.77. The average Bonchev–Trinajstić information content (AvgIpc) is 2.78. The van der Waals surface area contributed by atoms with Gasteiger partial charge in [0.05, 0.1) is 11.2 Å². The molecule has 2 heterocycles. The Labute approximate surface area is 153 Å². The summed E-state index contributed by atoms with van der Waals surface area (Å²) in [6, 6.07) is 6.64. The molecular formula is C20H33BN2O2. The minimum atomic E-state index is -0.292. The van der Waals surface area contributed by atoms with E-state index in [0.717, 1.165) is 31.6 Å². The first-order valence-electron chi connectivity index (χ1n) is 9.61. The van der Waals surface area contributed by atoms with E-state index >= 15 is 0 Å². The fourth-order valence-corrected chi connectivity index (χ4v) is 3.49. The lowest BCUT2D eigenvalue weighted by Crippen LogP contribution is -2.45. The molecule has 0 saturated carbocycles. The van der Waals surface area contributed by atoms with Crippen LogP contribution in [0.1, 0.15) is 45.7 Å². The van der Waals surface area contributed by atoms with E-state index in [1.165, 1.54) is 24.2 Å². The second kappa shape index (κ2) is 7.03. The lowest BCUT2D eigenvalue weighted by Gasteiger charge is -2.34. The van der Waals surface area contributed by atoms with Crippen molar-refractivity contribution in [2.45, 2.75) is 59.3 Å². The number of nitrogens with zero attached hydrogens (tertiary/aromatic N) is 2. The molecule has 0 N–H and O–H groups in total. The molecule has 2 aliphatic rings. The second-order valence-electron chi connectivity index (χ2n) is 8.48. The van der Waals surface area contributed by atoms with E-state index < -0.39 is 0 Å². The van der Waals surface area contributed by atoms with Crippen LogP contribution >= 0.6 is 0 Å². The van der Waals surface area contributed by atoms with Crippen molar-refractivity contribution >= 4 is 12.6 Å². The number of hydrogen-bond donors (Lipinski definition) is 0. The third-order valence-corrected chi connectivity index (χ3v) is 6.20. The van der Waals surface area contributed by atoms with E-state index in [9.17, 15) is 0 Å². The molecule has 0 spiro atoms. The Morgan fingerprint density at radius 2 is 1.52 bits per heavy atom. The molecule has 1 aromatic rings. The Morgan fingerprint density at radius 1 is 0.960 bits per heavy atom. The van der Waals surface area contributed by atoms with Crippen molar-refractivity contribution in [2.75, 3.05) is 32.7 Å². The predicted molar refractivity (Wildman–Crippen MR) is 104 cm³/mol. The molecule has 0 atom stereocenters. The van der Waals surface area contributed by atoms with Gasteiger partial charge in [0, 0.05) is 32.7 Å². The summed E-state index contributed by atoms with van der Waals surface area (Å²) in [5.74, 6) is 0. The second-order valence-corrected chi connectivity index (χ2v) is 8.48. The van der Waals surface area contributed by atoms with Crippen molar-refractivity contribution in [1.29, 1.82) is 0 Å². The molecule has 0 aliphatic carbocycles. The zero-order valence-corrected chi connectivity index (χ0v) is 16.8. The maximum atomic E-state index is 6.22. The quantitative estimate of drug-likeness (QED) is 0.784. The van der Waals surface area contributed by atoms with Crippen molar-refractivity contribution in [3.05, 3.63) is 29.3 Å². The Balaban J connectivity index is 1.71. The molecule has 2 saturated heterocycles. The minimum absolute atomic E-state index is 0.277. The maximum absolute atomic E-state index is 6.22. The molecule has 2 aliphatic heterocycles. The fraction of sp³-hybridized carbons (Fsp3) is 0.700. The standard InChI is InChI=1S/C20H33BN2O2/c1-7-22-10-12-23(13-11-22)15-17-14-18(9-8-16(17)2)21-24-19(3,4)20(5,6)25-21/h8-9,14H,7,10-13,15H2,1-6H3. The van der Waals surface area contributed by atoms with Gasteiger partial charge in [0.25, 0.3) is 0 Å². The first-order chi connectivity index (χ1) is 11.7. The number of aryl methyl sites for hydroxylation is 1. The van der Waals surface area contributed by atoms with E-state index in [0.29, 0.717) is 0 Å². The van der Waals surface area contributed by atoms with Crippen LogP contribution < -0.4 is 5.46 Å². The van der Waals surface area contributed by atoms with Gasteiger partial charge in [-0.05, 0) is 57.8 Å². The SMILES string of the molecule is CCN1CCN(Cc2cc(B3OC(C)(C)C(C)(C)O3)ccc2C)CC1. The molecule has 138 valence electrons. The van der Waals surface area contributed by atoms with E-state index in [1.807, 2.05) is 0 Å². The first-order valence-corrected chi connectivity index (χ1v) is 9.61. The van der Waals surface area contributed by atoms with Gasteiger partial charge in [-0.15, -0.1) is 0 Å². The molecule has 4 nitrogen and oxygen atoms in total. The summed E-state index contributed by atoms with van der Waals surface area (Å²) in [4.78, 5) is 5.08. The molecule has 3 rings (SSSR count). The summed E-state index contributed by atoms with van der Waals surface area (Å²) in [5.41, 5.74) is 3.28. The molecule has 0 aromatic heterocycles. The number of piperazine rings is 1. The van der Waals surface area contributed by atoms with Gasteiger partial charge in [-0.25, -0.2) is 0 Å². The number of benzene rings is 1. The molecule has 0 unspecified atom stereocenters. The van der Waals surface area contributed by atoms with Crippen molar-refractivity contribution in [2.24, 2.45) is 0 Å². The monoisotopic (exact) mass is 344 g/mol. The lowest BCUT2D eigenvalue weighted by molar-refractivity contribution is 0.00578. The van der Waals surface area contributed by atoms with Crippen molar-refractivity contribution in [1.82, 2.24) is 9.80 Å². The summed E-state index contributed by atoms with van der Waals surface area (Å²) < 4.78 is 12.4. The Morgan fingerprint density at radius 3 is 2.08 bits per heavy atom. The summed E-state index contributed by atoms with van der Waals surface area (Å²) >= 11 is 0. The summed E-state index contributed by atoms with van der Waals surface area (Å²) in [6.45, 7) is 19.7. The van der Waals surface area contributed by atoms with Crippen LogP contribution in [0.15, 0.2) is 18.2 Å². The molecule has 0 amide bonds. The number of likely N-dealkylation sites (N-methyl/N-ethyl adjacent to an activating group) is 1. The van der Waals surface area contributed by atoms with Crippen LogP contribution in [0.2, 0.25) is 0 Å². The molecule has 2 fully saturated rings. The van der Waals surface area contributed by atoms with E-state index in [2.05, 4.69) is 69.5 Å². The molecule has 0 radical (unpaired) electrons. The fourth-order valence-electron chi connectivity index (χ4n) is 3.49. The Kier molecular flexibility index (Phi) is 5.32. The van der Waals surface area contributed by atoms with E-state index in [4.69, 9.17) is 9.31 Å². The van der Waals surface area contributed by atoms with Gasteiger partial charge in [0.15, 0.2) is 0 Å². The Hall–Kier alpha value is -0.875. The third-order valence-electron chi connectivity index (χ3n) is 6.20. The maximum Gasteiger partial charge on any atom is 0.494 e. The van der Waals surface area contributed by atoms with Crippen LogP contribution in [-0.4, -0.2) is 60.8 Å². The van der Waals surface area contributed by atoms with Crippen LogP contribution in [0.5, 0.6) is 0 Å². The molecular weight excluding hydrogens is 311 g/mol. The largest absolute Gasteiger partial charge is 0.494 e. The zero-order valence-electron chi connectivity index (χ0n) is 16.8. The van der Waals surface area contributed by atoms with Gasteiger partial charge < -0.3 is 14.2 Å². The van der Waals surface area contributed by atoms with Crippen molar-refractivity contribution in [3.8, 4) is 0 Å². The van der Waals surface area contributed by atoms with Crippen molar-refractivity contribution < 1.29 is 9.31 Å². The van der Waals surface area contributed by atoms with Gasteiger partial charge in [-0.2, -0.15) is 0 Å². The highest BCUT2D eigenvalue weighted by atomic mass is 16.7. The summed E-state index contributed by atoms with van der Waals surface area (Å²) in [7, 11) is -0.277. The van der Waals surface area contributed by atoms with E-state index in [1.54, 1.807) is 0 Å². The van der Waals surface area contributed by atoms with Crippen LogP contribution in [0.4, 0.5) is 0 Å². The average molecular weight is 344 g/mol. The number of rotatable bonds is 4. The molecule has 1 aromatic carbocycles. The highest BCUT2D eigenvalue weighted by molar-refractivity contribution is 6.62.